The second-order valence-corrected chi connectivity index (χ2v) is 6.20. The largest absolute Gasteiger partial charge is 0.454 e. The zero-order valence-corrected chi connectivity index (χ0v) is 14.6. The van der Waals surface area contributed by atoms with E-state index in [-0.39, 0.29) is 24.3 Å². The molecule has 1 aromatic carbocycles. The molecule has 8 nitrogen and oxygen atoms in total. The van der Waals surface area contributed by atoms with Gasteiger partial charge in [0.05, 0.1) is 13.2 Å². The molecular formula is C19H19N3O5. The summed E-state index contributed by atoms with van der Waals surface area (Å²) in [5, 5.41) is 2.84. The molecule has 0 radical (unpaired) electrons. The first kappa shape index (κ1) is 17.3. The van der Waals surface area contributed by atoms with E-state index in [9.17, 15) is 9.59 Å². The first-order chi connectivity index (χ1) is 13.2. The SMILES string of the molecule is O=C(NCc1ccc2c(c1)OCO2)c1ccnc(C(=O)N2CCOCC2)c1. The fourth-order valence-corrected chi connectivity index (χ4v) is 2.95. The van der Waals surface area contributed by atoms with Gasteiger partial charge in [-0.1, -0.05) is 6.07 Å². The smallest absolute Gasteiger partial charge is 0.272 e. The number of fused-ring (bicyclic) bond motifs is 1. The van der Waals surface area contributed by atoms with Crippen molar-refractivity contribution in [1.29, 1.82) is 0 Å². The molecule has 0 bridgehead atoms. The van der Waals surface area contributed by atoms with Gasteiger partial charge in [-0.3, -0.25) is 14.6 Å². The molecular weight excluding hydrogens is 350 g/mol. The van der Waals surface area contributed by atoms with E-state index in [0.717, 1.165) is 5.56 Å². The second-order valence-electron chi connectivity index (χ2n) is 6.20. The summed E-state index contributed by atoms with van der Waals surface area (Å²) in [6.45, 7) is 2.64. The van der Waals surface area contributed by atoms with Gasteiger partial charge in [-0.25, -0.2) is 0 Å². The van der Waals surface area contributed by atoms with Gasteiger partial charge in [-0.05, 0) is 29.8 Å². The third-order valence-corrected chi connectivity index (χ3v) is 4.43. The van der Waals surface area contributed by atoms with Crippen LogP contribution in [-0.2, 0) is 11.3 Å². The molecule has 1 saturated heterocycles. The van der Waals surface area contributed by atoms with Crippen molar-refractivity contribution in [2.45, 2.75) is 6.54 Å². The summed E-state index contributed by atoms with van der Waals surface area (Å²) in [4.78, 5) is 30.8. The minimum atomic E-state index is -0.272. The van der Waals surface area contributed by atoms with Crippen LogP contribution in [0.2, 0.25) is 0 Å². The van der Waals surface area contributed by atoms with Crippen LogP contribution >= 0.6 is 0 Å². The maximum absolute atomic E-state index is 12.5. The third kappa shape index (κ3) is 3.85. The summed E-state index contributed by atoms with van der Waals surface area (Å²) >= 11 is 0. The highest BCUT2D eigenvalue weighted by Gasteiger charge is 2.20. The molecule has 8 heteroatoms. The van der Waals surface area contributed by atoms with Gasteiger partial charge < -0.3 is 24.4 Å². The van der Waals surface area contributed by atoms with E-state index in [1.165, 1.54) is 12.3 Å². The van der Waals surface area contributed by atoms with E-state index in [0.29, 0.717) is 49.9 Å². The number of ether oxygens (including phenoxy) is 3. The molecule has 2 aromatic rings. The Morgan fingerprint density at radius 1 is 1.07 bits per heavy atom. The highest BCUT2D eigenvalue weighted by Crippen LogP contribution is 2.32. The Kier molecular flexibility index (Phi) is 4.88. The molecule has 140 valence electrons. The lowest BCUT2D eigenvalue weighted by molar-refractivity contribution is 0.0299. The van der Waals surface area contributed by atoms with Crippen LogP contribution in [0.15, 0.2) is 36.5 Å². The first-order valence-corrected chi connectivity index (χ1v) is 8.70. The Morgan fingerprint density at radius 2 is 1.89 bits per heavy atom. The molecule has 3 heterocycles. The molecule has 1 N–H and O–H groups in total. The van der Waals surface area contributed by atoms with Crippen LogP contribution in [0.1, 0.15) is 26.4 Å². The Hall–Kier alpha value is -3.13. The molecule has 2 aliphatic heterocycles. The highest BCUT2D eigenvalue weighted by molar-refractivity contribution is 5.98. The summed E-state index contributed by atoms with van der Waals surface area (Å²) in [5.74, 6) is 0.907. The quantitative estimate of drug-likeness (QED) is 0.871. The maximum Gasteiger partial charge on any atom is 0.272 e. The molecule has 0 saturated carbocycles. The highest BCUT2D eigenvalue weighted by atomic mass is 16.7. The monoisotopic (exact) mass is 369 g/mol. The molecule has 27 heavy (non-hydrogen) atoms. The van der Waals surface area contributed by atoms with Crippen molar-refractivity contribution in [3.05, 3.63) is 53.3 Å². The van der Waals surface area contributed by atoms with Gasteiger partial charge in [0, 0.05) is 31.4 Å². The maximum atomic E-state index is 12.5. The van der Waals surface area contributed by atoms with Crippen molar-refractivity contribution in [1.82, 2.24) is 15.2 Å². The number of morpholine rings is 1. The van der Waals surface area contributed by atoms with Crippen molar-refractivity contribution in [2.24, 2.45) is 0 Å². The van der Waals surface area contributed by atoms with Crippen LogP contribution in [0, 0.1) is 0 Å². The summed E-state index contributed by atoms with van der Waals surface area (Å²) in [5.41, 5.74) is 1.54. The van der Waals surface area contributed by atoms with Gasteiger partial charge in [0.2, 0.25) is 6.79 Å². The zero-order chi connectivity index (χ0) is 18.6. The van der Waals surface area contributed by atoms with Crippen LogP contribution < -0.4 is 14.8 Å². The molecule has 4 rings (SSSR count). The zero-order valence-electron chi connectivity index (χ0n) is 14.6. The van der Waals surface area contributed by atoms with Crippen LogP contribution in [-0.4, -0.2) is 54.8 Å². The van der Waals surface area contributed by atoms with Crippen molar-refractivity contribution in [3.8, 4) is 11.5 Å². The van der Waals surface area contributed by atoms with Crippen molar-refractivity contribution in [3.63, 3.8) is 0 Å². The van der Waals surface area contributed by atoms with Gasteiger partial charge in [0.15, 0.2) is 11.5 Å². The molecule has 0 spiro atoms. The number of nitrogens with zero attached hydrogens (tertiary/aromatic N) is 2. The van der Waals surface area contributed by atoms with Crippen LogP contribution in [0.3, 0.4) is 0 Å². The van der Waals surface area contributed by atoms with Gasteiger partial charge in [0.25, 0.3) is 11.8 Å². The van der Waals surface area contributed by atoms with E-state index < -0.39 is 0 Å². The molecule has 2 aliphatic rings. The summed E-state index contributed by atoms with van der Waals surface area (Å²) in [6.07, 6.45) is 1.48. The van der Waals surface area contributed by atoms with Gasteiger partial charge >= 0.3 is 0 Å². The Balaban J connectivity index is 1.40. The molecule has 1 fully saturated rings. The fraction of sp³-hybridized carbons (Fsp3) is 0.316. The summed E-state index contributed by atoms with van der Waals surface area (Å²) in [7, 11) is 0. The van der Waals surface area contributed by atoms with Crippen molar-refractivity contribution < 1.29 is 23.8 Å². The molecule has 1 aromatic heterocycles. The van der Waals surface area contributed by atoms with E-state index in [1.54, 1.807) is 11.0 Å². The predicted octanol–water partition coefficient (Wildman–Crippen LogP) is 1.21. The molecule has 0 atom stereocenters. The summed E-state index contributed by atoms with van der Waals surface area (Å²) in [6, 6.07) is 8.63. The van der Waals surface area contributed by atoms with E-state index in [2.05, 4.69) is 10.3 Å². The number of hydrogen-bond donors (Lipinski definition) is 1. The number of nitrogens with one attached hydrogen (secondary N) is 1. The first-order valence-electron chi connectivity index (χ1n) is 8.70. The lowest BCUT2D eigenvalue weighted by Crippen LogP contribution is -2.41. The number of benzene rings is 1. The average Bonchev–Trinajstić information content (AvgIpc) is 3.20. The Labute approximate surface area is 156 Å². The van der Waals surface area contributed by atoms with E-state index in [1.807, 2.05) is 18.2 Å². The van der Waals surface area contributed by atoms with Crippen LogP contribution in [0.5, 0.6) is 11.5 Å². The number of carbonyl (C=O) groups is 2. The predicted molar refractivity (Wildman–Crippen MR) is 94.7 cm³/mol. The Morgan fingerprint density at radius 3 is 2.74 bits per heavy atom. The standard InChI is InChI=1S/C19H19N3O5/c23-18(21-11-13-1-2-16-17(9-13)27-12-26-16)14-3-4-20-15(10-14)19(24)22-5-7-25-8-6-22/h1-4,9-10H,5-8,11-12H2,(H,21,23). The lowest BCUT2D eigenvalue weighted by atomic mass is 10.1. The van der Waals surface area contributed by atoms with Crippen LogP contribution in [0.4, 0.5) is 0 Å². The van der Waals surface area contributed by atoms with Gasteiger partial charge in [0.1, 0.15) is 5.69 Å². The van der Waals surface area contributed by atoms with Crippen LogP contribution in [0.25, 0.3) is 0 Å². The average molecular weight is 369 g/mol. The number of aromatic nitrogens is 1. The minimum absolute atomic E-state index is 0.191. The topological polar surface area (TPSA) is 90.0 Å². The van der Waals surface area contributed by atoms with Gasteiger partial charge in [-0.2, -0.15) is 0 Å². The number of pyridine rings is 1. The Bertz CT molecular complexity index is 864. The van der Waals surface area contributed by atoms with Crippen molar-refractivity contribution >= 4 is 11.8 Å². The number of carbonyl (C=O) groups excluding carboxylic acids is 2. The minimum Gasteiger partial charge on any atom is -0.454 e. The molecule has 0 unspecified atom stereocenters. The lowest BCUT2D eigenvalue weighted by Gasteiger charge is -2.26. The normalized spacial score (nSPS) is 15.5. The van der Waals surface area contributed by atoms with Crippen molar-refractivity contribution in [2.75, 3.05) is 33.1 Å². The van der Waals surface area contributed by atoms with E-state index >= 15 is 0 Å². The second kappa shape index (κ2) is 7.63. The molecule has 2 amide bonds. The van der Waals surface area contributed by atoms with Gasteiger partial charge in [-0.15, -0.1) is 0 Å². The summed E-state index contributed by atoms with van der Waals surface area (Å²) < 4.78 is 15.9. The number of amides is 2. The third-order valence-electron chi connectivity index (χ3n) is 4.43. The molecule has 0 aliphatic carbocycles. The number of rotatable bonds is 4. The fourth-order valence-electron chi connectivity index (χ4n) is 2.95. The number of hydrogen-bond acceptors (Lipinski definition) is 6. The van der Waals surface area contributed by atoms with E-state index in [4.69, 9.17) is 14.2 Å².